The van der Waals surface area contributed by atoms with E-state index in [2.05, 4.69) is 81.5 Å². The van der Waals surface area contributed by atoms with Crippen molar-refractivity contribution in [2.75, 3.05) is 40.5 Å². The minimum atomic E-state index is -0.598. The van der Waals surface area contributed by atoms with Crippen LogP contribution in [0.1, 0.15) is 187 Å². The first-order valence-electron chi connectivity index (χ1n) is 21.2. The van der Waals surface area contributed by atoms with Gasteiger partial charge in [0.15, 0.2) is 0 Å². The molecule has 0 amide bonds. The fourth-order valence-electron chi connectivity index (χ4n) is 5.70. The van der Waals surface area contributed by atoms with E-state index in [1.807, 2.05) is 0 Å². The van der Waals surface area contributed by atoms with Crippen LogP contribution in [0.4, 0.5) is 0 Å². The van der Waals surface area contributed by atoms with Gasteiger partial charge in [-0.15, -0.1) is 0 Å². The van der Waals surface area contributed by atoms with E-state index < -0.39 is 6.29 Å². The van der Waals surface area contributed by atoms with Crippen LogP contribution in [0.15, 0.2) is 48.6 Å². The van der Waals surface area contributed by atoms with Gasteiger partial charge in [-0.05, 0) is 111 Å². The summed E-state index contributed by atoms with van der Waals surface area (Å²) < 4.78 is 17.6. The highest BCUT2D eigenvalue weighted by atomic mass is 16.7. The molecule has 0 saturated carbocycles. The number of esters is 1. The van der Waals surface area contributed by atoms with Crippen molar-refractivity contribution in [2.24, 2.45) is 0 Å². The SMILES string of the molecule is CCCCC/C=C\C/C=C\CCCCCCCCOCC(OCCCCCCCC/C=C\C/C=C\CCCCC)OC(=O)CCCCN(C)C. The molecule has 0 aromatic heterocycles. The van der Waals surface area contributed by atoms with Gasteiger partial charge >= 0.3 is 5.97 Å². The van der Waals surface area contributed by atoms with Crippen LogP contribution in [0.25, 0.3) is 0 Å². The van der Waals surface area contributed by atoms with Gasteiger partial charge in [0.25, 0.3) is 0 Å². The van der Waals surface area contributed by atoms with Gasteiger partial charge in [-0.1, -0.05) is 140 Å². The zero-order valence-corrected chi connectivity index (χ0v) is 33.7. The Bertz CT molecular complexity index is 803. The third-order valence-corrected chi connectivity index (χ3v) is 8.89. The molecule has 0 saturated heterocycles. The van der Waals surface area contributed by atoms with Crippen molar-refractivity contribution >= 4 is 5.97 Å². The Morgan fingerprint density at radius 1 is 0.520 bits per heavy atom. The number of carbonyl (C=O) groups excluding carboxylic acids is 1. The lowest BCUT2D eigenvalue weighted by molar-refractivity contribution is -0.191. The summed E-state index contributed by atoms with van der Waals surface area (Å²) in [6.45, 7) is 7.13. The molecule has 0 aliphatic carbocycles. The lowest BCUT2D eigenvalue weighted by atomic mass is 10.1. The van der Waals surface area contributed by atoms with Crippen LogP contribution in [0.3, 0.4) is 0 Å². The van der Waals surface area contributed by atoms with E-state index in [4.69, 9.17) is 14.2 Å². The Balaban J connectivity index is 4.01. The minimum Gasteiger partial charge on any atom is -0.433 e. The van der Waals surface area contributed by atoms with Gasteiger partial charge in [0.2, 0.25) is 6.29 Å². The van der Waals surface area contributed by atoms with Gasteiger partial charge in [0.05, 0.1) is 6.61 Å². The molecule has 0 heterocycles. The molecule has 0 spiro atoms. The molecule has 1 unspecified atom stereocenters. The monoisotopic (exact) mass is 702 g/mol. The number of hydrogen-bond acceptors (Lipinski definition) is 5. The molecule has 1 atom stereocenters. The number of rotatable bonds is 39. The molecule has 0 aromatic carbocycles. The van der Waals surface area contributed by atoms with E-state index in [0.29, 0.717) is 26.2 Å². The van der Waals surface area contributed by atoms with Crippen molar-refractivity contribution in [3.8, 4) is 0 Å². The zero-order valence-electron chi connectivity index (χ0n) is 33.7. The number of ether oxygens (including phenoxy) is 3. The summed E-state index contributed by atoms with van der Waals surface area (Å²) in [7, 11) is 4.12. The zero-order chi connectivity index (χ0) is 36.4. The predicted octanol–water partition coefficient (Wildman–Crippen LogP) is 13.2. The number of allylic oxidation sites excluding steroid dienone is 8. The molecule has 5 heteroatoms. The molecule has 0 aliphatic rings. The number of nitrogens with zero attached hydrogens (tertiary/aromatic N) is 1. The van der Waals surface area contributed by atoms with Gasteiger partial charge in [-0.25, -0.2) is 0 Å². The summed E-state index contributed by atoms with van der Waals surface area (Å²) in [4.78, 5) is 14.6. The Labute approximate surface area is 311 Å². The van der Waals surface area contributed by atoms with Crippen molar-refractivity contribution in [2.45, 2.75) is 193 Å². The minimum absolute atomic E-state index is 0.178. The van der Waals surface area contributed by atoms with Crippen molar-refractivity contribution in [3.05, 3.63) is 48.6 Å². The van der Waals surface area contributed by atoms with E-state index >= 15 is 0 Å². The first-order chi connectivity index (χ1) is 24.6. The largest absolute Gasteiger partial charge is 0.433 e. The number of hydrogen-bond donors (Lipinski definition) is 0. The Kier molecular flexibility index (Phi) is 40.3. The average molecular weight is 702 g/mol. The maximum Gasteiger partial charge on any atom is 0.308 e. The van der Waals surface area contributed by atoms with Crippen LogP contribution in [-0.2, 0) is 19.0 Å². The van der Waals surface area contributed by atoms with E-state index in [-0.39, 0.29) is 5.97 Å². The summed E-state index contributed by atoms with van der Waals surface area (Å²) in [6.07, 6.45) is 49.7. The van der Waals surface area contributed by atoms with Gasteiger partial charge in [0.1, 0.15) is 6.61 Å². The lowest BCUT2D eigenvalue weighted by Crippen LogP contribution is -2.27. The molecule has 0 N–H and O–H groups in total. The van der Waals surface area contributed by atoms with Crippen LogP contribution < -0.4 is 0 Å². The van der Waals surface area contributed by atoms with Gasteiger partial charge < -0.3 is 19.1 Å². The summed E-state index contributed by atoms with van der Waals surface area (Å²) in [6, 6.07) is 0. The van der Waals surface area contributed by atoms with Gasteiger partial charge in [-0.3, -0.25) is 4.79 Å². The number of unbranched alkanes of at least 4 members (excludes halogenated alkanes) is 19. The molecular formula is C45H83NO4. The molecule has 0 aromatic rings. The molecule has 0 rings (SSSR count). The smallest absolute Gasteiger partial charge is 0.308 e. The van der Waals surface area contributed by atoms with Crippen LogP contribution in [-0.4, -0.2) is 57.6 Å². The maximum atomic E-state index is 12.5. The summed E-state index contributed by atoms with van der Waals surface area (Å²) in [5.74, 6) is -0.178. The molecule has 5 nitrogen and oxygen atoms in total. The fraction of sp³-hybridized carbons (Fsp3) is 0.800. The van der Waals surface area contributed by atoms with Crippen LogP contribution in [0.5, 0.6) is 0 Å². The van der Waals surface area contributed by atoms with Crippen molar-refractivity contribution < 1.29 is 19.0 Å². The first-order valence-corrected chi connectivity index (χ1v) is 21.2. The highest BCUT2D eigenvalue weighted by Gasteiger charge is 2.15. The molecule has 0 bridgehead atoms. The second kappa shape index (κ2) is 41.7. The van der Waals surface area contributed by atoms with E-state index in [1.54, 1.807) is 0 Å². The second-order valence-electron chi connectivity index (χ2n) is 14.3. The third-order valence-electron chi connectivity index (χ3n) is 8.89. The second-order valence-corrected chi connectivity index (χ2v) is 14.3. The highest BCUT2D eigenvalue weighted by Crippen LogP contribution is 2.12. The van der Waals surface area contributed by atoms with Crippen molar-refractivity contribution in [3.63, 3.8) is 0 Å². The van der Waals surface area contributed by atoms with Crippen molar-refractivity contribution in [1.29, 1.82) is 0 Å². The Morgan fingerprint density at radius 3 is 1.44 bits per heavy atom. The highest BCUT2D eigenvalue weighted by molar-refractivity contribution is 5.69. The van der Waals surface area contributed by atoms with Crippen LogP contribution in [0, 0.1) is 0 Å². The topological polar surface area (TPSA) is 48.0 Å². The average Bonchev–Trinajstić information content (AvgIpc) is 3.10. The van der Waals surface area contributed by atoms with Gasteiger partial charge in [0, 0.05) is 13.0 Å². The molecule has 0 aliphatic heterocycles. The predicted molar refractivity (Wildman–Crippen MR) is 218 cm³/mol. The van der Waals surface area contributed by atoms with Gasteiger partial charge in [-0.2, -0.15) is 0 Å². The standard InChI is InChI=1S/C45H83NO4/c1-5-7-9-11-13-15-17-19-21-23-25-27-29-31-33-37-41-48-43-45(50-44(47)39-35-36-40-46(3)4)49-42-38-34-32-30-28-26-24-22-20-18-16-14-12-10-8-6-2/h13-16,19-22,45H,5-12,17-18,23-43H2,1-4H3/b15-13-,16-14-,21-19-,22-20-. The normalized spacial score (nSPS) is 12.9. The van der Waals surface area contributed by atoms with E-state index in [0.717, 1.165) is 51.5 Å². The first kappa shape index (κ1) is 48.3. The maximum absolute atomic E-state index is 12.5. The molecule has 292 valence electrons. The Hall–Kier alpha value is -1.69. The molecular weight excluding hydrogens is 618 g/mol. The summed E-state index contributed by atoms with van der Waals surface area (Å²) >= 11 is 0. The Morgan fingerprint density at radius 2 is 0.960 bits per heavy atom. The molecule has 50 heavy (non-hydrogen) atoms. The number of carbonyl (C=O) groups is 1. The van der Waals surface area contributed by atoms with Crippen molar-refractivity contribution in [1.82, 2.24) is 4.90 Å². The lowest BCUT2D eigenvalue weighted by Gasteiger charge is -2.19. The fourth-order valence-corrected chi connectivity index (χ4v) is 5.70. The summed E-state index contributed by atoms with van der Waals surface area (Å²) in [5.41, 5.74) is 0. The third kappa shape index (κ3) is 40.7. The summed E-state index contributed by atoms with van der Waals surface area (Å²) in [5, 5.41) is 0. The molecule has 0 fully saturated rings. The van der Waals surface area contributed by atoms with Crippen LogP contribution in [0.2, 0.25) is 0 Å². The van der Waals surface area contributed by atoms with Crippen LogP contribution >= 0.6 is 0 Å². The molecule has 0 radical (unpaired) electrons. The van der Waals surface area contributed by atoms with E-state index in [9.17, 15) is 4.79 Å². The quantitative estimate of drug-likeness (QED) is 0.0276. The van der Waals surface area contributed by atoms with E-state index in [1.165, 1.54) is 122 Å².